The van der Waals surface area contributed by atoms with Gasteiger partial charge in [0, 0.05) is 23.7 Å². The molecule has 0 radical (unpaired) electrons. The van der Waals surface area contributed by atoms with Crippen LogP contribution in [-0.4, -0.2) is 11.8 Å². The fraction of sp³-hybridized carbons (Fsp3) is 0.263. The van der Waals surface area contributed by atoms with E-state index in [-0.39, 0.29) is 23.9 Å². The molecule has 3 rings (SSSR count). The molecule has 26 heavy (non-hydrogen) atoms. The van der Waals surface area contributed by atoms with Gasteiger partial charge in [-0.1, -0.05) is 24.3 Å². The summed E-state index contributed by atoms with van der Waals surface area (Å²) < 4.78 is 38.1. The van der Waals surface area contributed by atoms with Gasteiger partial charge in [-0.25, -0.2) is 0 Å². The number of para-hydroxylation sites is 1. The second-order valence-electron chi connectivity index (χ2n) is 6.21. The van der Waals surface area contributed by atoms with Crippen molar-refractivity contribution in [2.75, 3.05) is 10.6 Å². The van der Waals surface area contributed by atoms with Gasteiger partial charge in [-0.2, -0.15) is 13.2 Å². The Balaban J connectivity index is 1.57. The highest BCUT2D eigenvalue weighted by Gasteiger charge is 2.30. The average molecular weight is 362 g/mol. The second kappa shape index (κ2) is 7.19. The Bertz CT molecular complexity index is 834. The molecule has 7 heteroatoms. The normalized spacial score (nSPS) is 16.6. The minimum Gasteiger partial charge on any atom is -0.326 e. The number of fused-ring (bicyclic) bond motifs is 1. The van der Waals surface area contributed by atoms with Crippen molar-refractivity contribution in [2.24, 2.45) is 5.92 Å². The van der Waals surface area contributed by atoms with E-state index in [1.807, 2.05) is 24.3 Å². The average Bonchev–Trinajstić information content (AvgIpc) is 2.59. The van der Waals surface area contributed by atoms with E-state index in [1.165, 1.54) is 12.1 Å². The van der Waals surface area contributed by atoms with Crippen molar-refractivity contribution in [3.63, 3.8) is 0 Å². The molecule has 1 aliphatic heterocycles. The number of halogens is 3. The van der Waals surface area contributed by atoms with Gasteiger partial charge in [-0.15, -0.1) is 0 Å². The molecule has 0 aromatic heterocycles. The van der Waals surface area contributed by atoms with Gasteiger partial charge in [0.05, 0.1) is 5.56 Å². The van der Waals surface area contributed by atoms with Gasteiger partial charge in [0.15, 0.2) is 0 Å². The Morgan fingerprint density at radius 1 is 1.15 bits per heavy atom. The van der Waals surface area contributed by atoms with Crippen molar-refractivity contribution in [3.05, 3.63) is 59.7 Å². The number of rotatable bonds is 4. The highest BCUT2D eigenvalue weighted by atomic mass is 19.4. The zero-order chi connectivity index (χ0) is 18.7. The van der Waals surface area contributed by atoms with Gasteiger partial charge in [0.25, 0.3) is 0 Å². The maximum Gasteiger partial charge on any atom is 0.416 e. The molecule has 1 atom stereocenters. The Morgan fingerprint density at radius 2 is 1.92 bits per heavy atom. The van der Waals surface area contributed by atoms with E-state index in [4.69, 9.17) is 0 Å². The zero-order valence-corrected chi connectivity index (χ0v) is 13.8. The van der Waals surface area contributed by atoms with E-state index in [9.17, 15) is 22.8 Å². The number of anilines is 2. The van der Waals surface area contributed by atoms with Crippen LogP contribution in [0.3, 0.4) is 0 Å². The van der Waals surface area contributed by atoms with Crippen LogP contribution in [0.25, 0.3) is 0 Å². The van der Waals surface area contributed by atoms with E-state index < -0.39 is 17.6 Å². The lowest BCUT2D eigenvalue weighted by molar-refractivity contribution is -0.137. The van der Waals surface area contributed by atoms with Crippen LogP contribution >= 0.6 is 0 Å². The summed E-state index contributed by atoms with van der Waals surface area (Å²) in [5, 5.41) is 5.27. The summed E-state index contributed by atoms with van der Waals surface area (Å²) in [7, 11) is 0. The van der Waals surface area contributed by atoms with Crippen molar-refractivity contribution in [2.45, 2.75) is 25.4 Å². The first kappa shape index (κ1) is 18.0. The highest BCUT2D eigenvalue weighted by molar-refractivity contribution is 5.96. The van der Waals surface area contributed by atoms with Crippen LogP contribution in [0.1, 0.15) is 24.0 Å². The molecule has 0 bridgehead atoms. The Labute approximate surface area is 148 Å². The summed E-state index contributed by atoms with van der Waals surface area (Å²) in [5.41, 5.74) is 1.05. The van der Waals surface area contributed by atoms with Gasteiger partial charge >= 0.3 is 6.18 Å². The minimum atomic E-state index is -4.46. The number of nitrogens with one attached hydrogen (secondary N) is 2. The topological polar surface area (TPSA) is 58.2 Å². The monoisotopic (exact) mass is 362 g/mol. The van der Waals surface area contributed by atoms with E-state index >= 15 is 0 Å². The Kier molecular flexibility index (Phi) is 4.97. The van der Waals surface area contributed by atoms with E-state index in [0.29, 0.717) is 12.8 Å². The number of hydrogen-bond acceptors (Lipinski definition) is 2. The third-order valence-corrected chi connectivity index (χ3v) is 4.31. The molecule has 1 aliphatic rings. The summed E-state index contributed by atoms with van der Waals surface area (Å²) in [5.74, 6) is -0.899. The van der Waals surface area contributed by atoms with Crippen LogP contribution in [0.5, 0.6) is 0 Å². The number of carbonyl (C=O) groups is 2. The molecule has 0 spiro atoms. The number of alkyl halides is 3. The van der Waals surface area contributed by atoms with Crippen LogP contribution in [0.15, 0.2) is 48.5 Å². The summed E-state index contributed by atoms with van der Waals surface area (Å²) in [6.07, 6.45) is -3.55. The number of amides is 2. The van der Waals surface area contributed by atoms with Crippen LogP contribution in [-0.2, 0) is 22.2 Å². The molecule has 0 saturated carbocycles. The molecule has 4 nitrogen and oxygen atoms in total. The fourth-order valence-corrected chi connectivity index (χ4v) is 2.95. The molecular weight excluding hydrogens is 345 g/mol. The first-order valence-corrected chi connectivity index (χ1v) is 8.19. The Morgan fingerprint density at radius 3 is 2.69 bits per heavy atom. The fourth-order valence-electron chi connectivity index (χ4n) is 2.95. The number of hydrogen-bond donors (Lipinski definition) is 2. The predicted octanol–water partition coefficient (Wildman–Crippen LogP) is 4.24. The molecule has 136 valence electrons. The SMILES string of the molecule is O=C(CC[C@H]1Cc2ccccc2NC1=O)Nc1cccc(C(F)(F)F)c1. The molecule has 2 N–H and O–H groups in total. The van der Waals surface area contributed by atoms with Gasteiger partial charge < -0.3 is 10.6 Å². The summed E-state index contributed by atoms with van der Waals surface area (Å²) in [4.78, 5) is 24.2. The van der Waals surface area contributed by atoms with E-state index in [0.717, 1.165) is 23.4 Å². The predicted molar refractivity (Wildman–Crippen MR) is 91.6 cm³/mol. The smallest absolute Gasteiger partial charge is 0.326 e. The lowest BCUT2D eigenvalue weighted by Crippen LogP contribution is -2.30. The quantitative estimate of drug-likeness (QED) is 0.855. The van der Waals surface area contributed by atoms with Gasteiger partial charge in [-0.3, -0.25) is 9.59 Å². The third-order valence-electron chi connectivity index (χ3n) is 4.31. The first-order valence-electron chi connectivity index (χ1n) is 8.19. The van der Waals surface area contributed by atoms with Gasteiger partial charge in [0.1, 0.15) is 0 Å². The summed E-state index contributed by atoms with van der Waals surface area (Å²) in [6.45, 7) is 0. The van der Waals surface area contributed by atoms with Crippen molar-refractivity contribution in [1.29, 1.82) is 0 Å². The summed E-state index contributed by atoms with van der Waals surface area (Å²) >= 11 is 0. The van der Waals surface area contributed by atoms with Crippen molar-refractivity contribution in [1.82, 2.24) is 0 Å². The van der Waals surface area contributed by atoms with Crippen LogP contribution in [0, 0.1) is 5.92 Å². The van der Waals surface area contributed by atoms with E-state index in [1.54, 1.807) is 0 Å². The standard InChI is InChI=1S/C19H17F3N2O2/c20-19(21,22)14-5-3-6-15(11-14)23-17(25)9-8-13-10-12-4-1-2-7-16(12)24-18(13)26/h1-7,11,13H,8-10H2,(H,23,25)(H,24,26)/t13-/m0/s1. The van der Waals surface area contributed by atoms with Gasteiger partial charge in [0.2, 0.25) is 11.8 Å². The lowest BCUT2D eigenvalue weighted by Gasteiger charge is -2.24. The van der Waals surface area contributed by atoms with E-state index in [2.05, 4.69) is 10.6 Å². The van der Waals surface area contributed by atoms with Crippen LogP contribution in [0.4, 0.5) is 24.5 Å². The zero-order valence-electron chi connectivity index (χ0n) is 13.8. The number of benzene rings is 2. The molecular formula is C19H17F3N2O2. The molecule has 1 heterocycles. The van der Waals surface area contributed by atoms with Crippen molar-refractivity contribution >= 4 is 23.2 Å². The third kappa shape index (κ3) is 4.22. The highest BCUT2D eigenvalue weighted by Crippen LogP contribution is 2.31. The maximum absolute atomic E-state index is 12.7. The number of carbonyl (C=O) groups excluding carboxylic acids is 2. The van der Waals surface area contributed by atoms with Crippen LogP contribution < -0.4 is 10.6 Å². The Hall–Kier alpha value is -2.83. The van der Waals surface area contributed by atoms with Crippen LogP contribution in [0.2, 0.25) is 0 Å². The van der Waals surface area contributed by atoms with Crippen molar-refractivity contribution in [3.8, 4) is 0 Å². The molecule has 0 fully saturated rings. The van der Waals surface area contributed by atoms with Gasteiger partial charge in [-0.05, 0) is 42.7 Å². The second-order valence-corrected chi connectivity index (χ2v) is 6.21. The molecule has 0 saturated heterocycles. The first-order chi connectivity index (χ1) is 12.3. The lowest BCUT2D eigenvalue weighted by atomic mass is 9.89. The molecule has 2 aromatic rings. The minimum absolute atomic E-state index is 0.0521. The molecule has 0 aliphatic carbocycles. The maximum atomic E-state index is 12.7. The molecule has 2 amide bonds. The van der Waals surface area contributed by atoms with Crippen molar-refractivity contribution < 1.29 is 22.8 Å². The largest absolute Gasteiger partial charge is 0.416 e. The molecule has 0 unspecified atom stereocenters. The molecule has 2 aromatic carbocycles. The summed E-state index contributed by atoms with van der Waals surface area (Å²) in [6, 6.07) is 11.9.